The van der Waals surface area contributed by atoms with E-state index in [0.29, 0.717) is 24.6 Å². The summed E-state index contributed by atoms with van der Waals surface area (Å²) in [6, 6.07) is 9.33. The van der Waals surface area contributed by atoms with Crippen molar-refractivity contribution < 1.29 is 14.3 Å². The minimum atomic E-state index is -0.393. The van der Waals surface area contributed by atoms with E-state index in [2.05, 4.69) is 5.32 Å². The summed E-state index contributed by atoms with van der Waals surface area (Å²) in [4.78, 5) is 11.7. The topological polar surface area (TPSA) is 47.6 Å². The van der Waals surface area contributed by atoms with Crippen LogP contribution in [0.4, 0.5) is 0 Å². The molecule has 0 saturated carbocycles. The minimum Gasteiger partial charge on any atom is -0.477 e. The molecule has 4 nitrogen and oxygen atoms in total. The predicted octanol–water partition coefficient (Wildman–Crippen LogP) is 1.15. The van der Waals surface area contributed by atoms with E-state index in [-0.39, 0.29) is 0 Å². The number of esters is 1. The van der Waals surface area contributed by atoms with Gasteiger partial charge in [0.2, 0.25) is 5.88 Å². The van der Waals surface area contributed by atoms with E-state index in [9.17, 15) is 4.79 Å². The molecule has 1 aliphatic rings. The van der Waals surface area contributed by atoms with E-state index in [0.717, 1.165) is 5.56 Å². The molecule has 0 spiro atoms. The fraction of sp³-hybridized carbons (Fsp3) is 0.250. The highest BCUT2D eigenvalue weighted by Gasteiger charge is 2.22. The van der Waals surface area contributed by atoms with Crippen molar-refractivity contribution in [2.75, 3.05) is 20.3 Å². The Labute approximate surface area is 93.9 Å². The van der Waals surface area contributed by atoms with Crippen molar-refractivity contribution in [3.8, 4) is 0 Å². The summed E-state index contributed by atoms with van der Waals surface area (Å²) in [5.74, 6) is 0.105. The van der Waals surface area contributed by atoms with Crippen LogP contribution in [0.15, 0.2) is 36.2 Å². The molecule has 1 saturated heterocycles. The van der Waals surface area contributed by atoms with E-state index in [1.54, 1.807) is 0 Å². The van der Waals surface area contributed by atoms with Crippen LogP contribution < -0.4 is 5.32 Å². The Kier molecular flexibility index (Phi) is 3.10. The summed E-state index contributed by atoms with van der Waals surface area (Å²) >= 11 is 0. The quantitative estimate of drug-likeness (QED) is 0.598. The van der Waals surface area contributed by atoms with Crippen molar-refractivity contribution >= 4 is 11.5 Å². The highest BCUT2D eigenvalue weighted by Crippen LogP contribution is 2.21. The smallest absolute Gasteiger partial charge is 0.343 e. The largest absolute Gasteiger partial charge is 0.477 e. The molecule has 0 radical (unpaired) electrons. The van der Waals surface area contributed by atoms with Crippen LogP contribution in [0.5, 0.6) is 0 Å². The van der Waals surface area contributed by atoms with Crippen molar-refractivity contribution in [1.29, 1.82) is 0 Å². The molecule has 1 aliphatic heterocycles. The predicted molar refractivity (Wildman–Crippen MR) is 59.3 cm³/mol. The third-order valence-electron chi connectivity index (χ3n) is 2.31. The van der Waals surface area contributed by atoms with Gasteiger partial charge in [0.05, 0.1) is 13.7 Å². The summed E-state index contributed by atoms with van der Waals surface area (Å²) < 4.78 is 10.1. The van der Waals surface area contributed by atoms with Gasteiger partial charge in [-0.05, 0) is 5.56 Å². The Balaban J connectivity index is 2.43. The molecule has 2 rings (SSSR count). The number of methoxy groups -OCH3 is 1. The summed E-state index contributed by atoms with van der Waals surface area (Å²) in [6.07, 6.45) is 0. The minimum absolute atomic E-state index is 0.393. The number of benzene rings is 1. The Bertz CT molecular complexity index is 404. The van der Waals surface area contributed by atoms with Crippen LogP contribution in [0.1, 0.15) is 5.56 Å². The van der Waals surface area contributed by atoms with Gasteiger partial charge in [-0.15, -0.1) is 0 Å². The second-order valence-electron chi connectivity index (χ2n) is 3.34. The highest BCUT2D eigenvalue weighted by molar-refractivity contribution is 6.17. The van der Waals surface area contributed by atoms with Crippen molar-refractivity contribution in [3.63, 3.8) is 0 Å². The zero-order valence-corrected chi connectivity index (χ0v) is 9.03. The maximum Gasteiger partial charge on any atom is 0.343 e. The molecular formula is C12H13NO3. The Morgan fingerprint density at radius 3 is 2.69 bits per heavy atom. The first-order chi connectivity index (χ1) is 7.83. The van der Waals surface area contributed by atoms with Crippen molar-refractivity contribution in [2.45, 2.75) is 0 Å². The SMILES string of the molecule is COC(=O)/C(=C1\NCCO1)c1ccccc1. The van der Waals surface area contributed by atoms with Gasteiger partial charge in [-0.25, -0.2) is 4.79 Å². The van der Waals surface area contributed by atoms with E-state index in [1.165, 1.54) is 7.11 Å². The number of rotatable bonds is 2. The number of carbonyl (C=O) groups excluding carboxylic acids is 1. The van der Waals surface area contributed by atoms with Crippen LogP contribution in [-0.2, 0) is 14.3 Å². The van der Waals surface area contributed by atoms with Gasteiger partial charge in [0.15, 0.2) is 0 Å². The summed E-state index contributed by atoms with van der Waals surface area (Å²) in [7, 11) is 1.36. The molecule has 1 N–H and O–H groups in total. The van der Waals surface area contributed by atoms with Gasteiger partial charge in [0.1, 0.15) is 12.2 Å². The number of nitrogens with one attached hydrogen (secondary N) is 1. The van der Waals surface area contributed by atoms with Crippen LogP contribution >= 0.6 is 0 Å². The lowest BCUT2D eigenvalue weighted by Crippen LogP contribution is -2.13. The van der Waals surface area contributed by atoms with E-state index in [4.69, 9.17) is 9.47 Å². The van der Waals surface area contributed by atoms with E-state index >= 15 is 0 Å². The van der Waals surface area contributed by atoms with Crippen LogP contribution in [0.25, 0.3) is 5.57 Å². The Morgan fingerprint density at radius 1 is 1.38 bits per heavy atom. The molecule has 1 aromatic rings. The van der Waals surface area contributed by atoms with Crippen molar-refractivity contribution in [3.05, 3.63) is 41.8 Å². The van der Waals surface area contributed by atoms with Gasteiger partial charge in [0.25, 0.3) is 0 Å². The van der Waals surface area contributed by atoms with E-state index in [1.807, 2.05) is 30.3 Å². The average Bonchev–Trinajstić information content (AvgIpc) is 2.84. The molecule has 0 unspecified atom stereocenters. The first-order valence-electron chi connectivity index (χ1n) is 5.07. The molecule has 0 amide bonds. The third-order valence-corrected chi connectivity index (χ3v) is 2.31. The van der Waals surface area contributed by atoms with Crippen LogP contribution in [0.2, 0.25) is 0 Å². The zero-order chi connectivity index (χ0) is 11.4. The standard InChI is InChI=1S/C12H13NO3/c1-15-12(14)10(11-13-7-8-16-11)9-5-3-2-4-6-9/h2-6,13H,7-8H2,1H3/b11-10+. The first kappa shape index (κ1) is 10.5. The Hall–Kier alpha value is -1.97. The Morgan fingerprint density at radius 2 is 2.12 bits per heavy atom. The lowest BCUT2D eigenvalue weighted by atomic mass is 10.1. The molecule has 0 atom stereocenters. The molecule has 84 valence electrons. The van der Waals surface area contributed by atoms with Gasteiger partial charge in [-0.3, -0.25) is 0 Å². The van der Waals surface area contributed by atoms with Crippen LogP contribution in [-0.4, -0.2) is 26.2 Å². The molecule has 1 fully saturated rings. The molecule has 16 heavy (non-hydrogen) atoms. The maximum atomic E-state index is 11.7. The van der Waals surface area contributed by atoms with Gasteiger partial charge in [-0.1, -0.05) is 30.3 Å². The highest BCUT2D eigenvalue weighted by atomic mass is 16.5. The van der Waals surface area contributed by atoms with Crippen molar-refractivity contribution in [2.24, 2.45) is 0 Å². The number of hydrogen-bond donors (Lipinski definition) is 1. The summed E-state index contributed by atoms with van der Waals surface area (Å²) in [6.45, 7) is 1.28. The van der Waals surface area contributed by atoms with Crippen LogP contribution in [0, 0.1) is 0 Å². The molecule has 0 aromatic heterocycles. The van der Waals surface area contributed by atoms with Gasteiger partial charge < -0.3 is 14.8 Å². The van der Waals surface area contributed by atoms with Crippen LogP contribution in [0.3, 0.4) is 0 Å². The number of hydrogen-bond acceptors (Lipinski definition) is 4. The molecule has 1 aromatic carbocycles. The molecule has 1 heterocycles. The van der Waals surface area contributed by atoms with Gasteiger partial charge in [-0.2, -0.15) is 0 Å². The summed E-state index contributed by atoms with van der Waals surface area (Å²) in [5, 5.41) is 3.03. The number of ether oxygens (including phenoxy) is 2. The third kappa shape index (κ3) is 2.00. The molecule has 0 bridgehead atoms. The average molecular weight is 219 g/mol. The molecule has 0 aliphatic carbocycles. The van der Waals surface area contributed by atoms with Crippen molar-refractivity contribution in [1.82, 2.24) is 5.32 Å². The monoisotopic (exact) mass is 219 g/mol. The zero-order valence-electron chi connectivity index (χ0n) is 9.03. The second kappa shape index (κ2) is 4.70. The summed E-state index contributed by atoms with van der Waals surface area (Å²) in [5.41, 5.74) is 1.24. The number of carbonyl (C=O) groups is 1. The van der Waals surface area contributed by atoms with Gasteiger partial charge in [0, 0.05) is 0 Å². The first-order valence-corrected chi connectivity index (χ1v) is 5.07. The van der Waals surface area contributed by atoms with E-state index < -0.39 is 5.97 Å². The second-order valence-corrected chi connectivity index (χ2v) is 3.34. The normalized spacial score (nSPS) is 17.3. The fourth-order valence-electron chi connectivity index (χ4n) is 1.58. The van der Waals surface area contributed by atoms with Gasteiger partial charge >= 0.3 is 5.97 Å². The molecular weight excluding hydrogens is 206 g/mol. The lowest BCUT2D eigenvalue weighted by molar-refractivity contribution is -0.133. The fourth-order valence-corrected chi connectivity index (χ4v) is 1.58. The molecule has 4 heteroatoms. The lowest BCUT2D eigenvalue weighted by Gasteiger charge is -2.08. The maximum absolute atomic E-state index is 11.7.